The lowest BCUT2D eigenvalue weighted by Crippen LogP contribution is -2.39. The van der Waals surface area contributed by atoms with Gasteiger partial charge in [0.25, 0.3) is 0 Å². The minimum Gasteiger partial charge on any atom is -0.355 e. The van der Waals surface area contributed by atoms with Crippen LogP contribution in [0.1, 0.15) is 41.0 Å². The maximum atomic E-state index is 11.8. The smallest absolute Gasteiger partial charge is 0.222 e. The molecule has 0 aromatic heterocycles. The van der Waals surface area contributed by atoms with Gasteiger partial charge in [-0.05, 0) is 28.7 Å². The number of amides is 1. The Labute approximate surface area is 196 Å². The summed E-state index contributed by atoms with van der Waals surface area (Å²) >= 11 is 0. The van der Waals surface area contributed by atoms with Crippen molar-refractivity contribution in [3.63, 3.8) is 0 Å². The van der Waals surface area contributed by atoms with Crippen LogP contribution in [0, 0.1) is 0 Å². The topological polar surface area (TPSA) is 56.7 Å². The number of nitrogens with zero attached hydrogens (tertiary/aromatic N) is 2. The largest absolute Gasteiger partial charge is 0.355 e. The Balaban J connectivity index is 1.33. The fourth-order valence-electron chi connectivity index (χ4n) is 4.26. The molecule has 1 fully saturated rings. The highest BCUT2D eigenvalue weighted by atomic mass is 16.2. The molecule has 3 aromatic rings. The second kappa shape index (κ2) is 11.3. The van der Waals surface area contributed by atoms with E-state index in [2.05, 4.69) is 88.4 Å². The first-order valence-corrected chi connectivity index (χ1v) is 11.6. The maximum absolute atomic E-state index is 11.8. The van der Waals surface area contributed by atoms with Crippen LogP contribution in [0.3, 0.4) is 0 Å². The summed E-state index contributed by atoms with van der Waals surface area (Å²) in [4.78, 5) is 18.2. The van der Waals surface area contributed by atoms with Crippen molar-refractivity contribution in [2.24, 2.45) is 4.99 Å². The van der Waals surface area contributed by atoms with E-state index in [1.165, 1.54) is 22.3 Å². The molecule has 33 heavy (non-hydrogen) atoms. The van der Waals surface area contributed by atoms with Gasteiger partial charge in [-0.3, -0.25) is 9.79 Å². The molecular formula is C28H32N4O. The summed E-state index contributed by atoms with van der Waals surface area (Å²) in [6.45, 7) is 3.01. The third kappa shape index (κ3) is 6.22. The van der Waals surface area contributed by atoms with E-state index in [0.717, 1.165) is 25.5 Å². The van der Waals surface area contributed by atoms with E-state index in [1.807, 2.05) is 17.0 Å². The van der Waals surface area contributed by atoms with Crippen molar-refractivity contribution >= 4 is 11.9 Å². The Bertz CT molecular complexity index is 1010. The van der Waals surface area contributed by atoms with Crippen molar-refractivity contribution in [2.45, 2.75) is 31.8 Å². The fraction of sp³-hybridized carbons (Fsp3) is 0.286. The molecular weight excluding hydrogens is 408 g/mol. The van der Waals surface area contributed by atoms with Crippen molar-refractivity contribution in [3.8, 4) is 0 Å². The van der Waals surface area contributed by atoms with Crippen LogP contribution in [-0.2, 0) is 17.9 Å². The summed E-state index contributed by atoms with van der Waals surface area (Å²) in [6.07, 6.45) is 1.66. The number of nitrogens with one attached hydrogen (secondary N) is 2. The van der Waals surface area contributed by atoms with Crippen LogP contribution in [0.4, 0.5) is 0 Å². The molecule has 1 heterocycles. The van der Waals surface area contributed by atoms with Gasteiger partial charge in [0.2, 0.25) is 5.91 Å². The lowest BCUT2D eigenvalue weighted by atomic mass is 9.91. The van der Waals surface area contributed by atoms with Gasteiger partial charge in [-0.15, -0.1) is 0 Å². The molecule has 0 saturated carbocycles. The van der Waals surface area contributed by atoms with E-state index in [9.17, 15) is 4.79 Å². The van der Waals surface area contributed by atoms with Crippen LogP contribution in [0.15, 0.2) is 89.9 Å². The van der Waals surface area contributed by atoms with Gasteiger partial charge in [-0.25, -0.2) is 0 Å². The molecule has 170 valence electrons. The first kappa shape index (κ1) is 22.6. The third-order valence-electron chi connectivity index (χ3n) is 6.13. The van der Waals surface area contributed by atoms with Crippen LogP contribution < -0.4 is 10.6 Å². The molecule has 3 aromatic carbocycles. The second-order valence-corrected chi connectivity index (χ2v) is 8.42. The number of carbonyl (C=O) groups is 1. The molecule has 4 rings (SSSR count). The molecule has 2 N–H and O–H groups in total. The lowest BCUT2D eigenvalue weighted by Gasteiger charge is -2.21. The number of aliphatic imine (C=N–C) groups is 1. The van der Waals surface area contributed by atoms with Gasteiger partial charge in [-0.1, -0.05) is 84.9 Å². The molecule has 1 amide bonds. The fourth-order valence-corrected chi connectivity index (χ4v) is 4.26. The highest BCUT2D eigenvalue weighted by molar-refractivity contribution is 5.79. The Morgan fingerprint density at radius 1 is 0.879 bits per heavy atom. The van der Waals surface area contributed by atoms with Crippen LogP contribution in [0.5, 0.6) is 0 Å². The standard InChI is InChI=1S/C28H32N4O/c1-29-28(30-19-22-14-16-23(17-15-22)21-32-18-8-13-27(32)33)31-20-26(24-9-4-2-5-10-24)25-11-6-3-7-12-25/h2-7,9-12,14-17,26H,8,13,18-21H2,1H3,(H2,29,30,31). The average Bonchev–Trinajstić information content (AvgIpc) is 3.27. The third-order valence-corrected chi connectivity index (χ3v) is 6.13. The van der Waals surface area contributed by atoms with Crippen molar-refractivity contribution in [1.82, 2.24) is 15.5 Å². The molecule has 0 spiro atoms. The molecule has 1 saturated heterocycles. The Kier molecular flexibility index (Phi) is 7.75. The van der Waals surface area contributed by atoms with Gasteiger partial charge < -0.3 is 15.5 Å². The minimum absolute atomic E-state index is 0.235. The van der Waals surface area contributed by atoms with Crippen molar-refractivity contribution in [1.29, 1.82) is 0 Å². The number of likely N-dealkylation sites (tertiary alicyclic amines) is 1. The predicted octanol–water partition coefficient (Wildman–Crippen LogP) is 4.31. The molecule has 0 radical (unpaired) electrons. The molecule has 1 aliphatic rings. The zero-order chi connectivity index (χ0) is 22.9. The average molecular weight is 441 g/mol. The number of hydrogen-bond donors (Lipinski definition) is 2. The van der Waals surface area contributed by atoms with Crippen LogP contribution in [0.2, 0.25) is 0 Å². The molecule has 5 nitrogen and oxygen atoms in total. The van der Waals surface area contributed by atoms with Gasteiger partial charge in [-0.2, -0.15) is 0 Å². The van der Waals surface area contributed by atoms with E-state index in [-0.39, 0.29) is 11.8 Å². The number of carbonyl (C=O) groups excluding carboxylic acids is 1. The lowest BCUT2D eigenvalue weighted by molar-refractivity contribution is -0.128. The molecule has 0 aliphatic carbocycles. The van der Waals surface area contributed by atoms with Crippen molar-refractivity contribution in [3.05, 3.63) is 107 Å². The highest BCUT2D eigenvalue weighted by Crippen LogP contribution is 2.23. The maximum Gasteiger partial charge on any atom is 0.222 e. The zero-order valence-corrected chi connectivity index (χ0v) is 19.2. The van der Waals surface area contributed by atoms with Gasteiger partial charge >= 0.3 is 0 Å². The van der Waals surface area contributed by atoms with Gasteiger partial charge in [0, 0.05) is 45.6 Å². The van der Waals surface area contributed by atoms with Gasteiger partial charge in [0.1, 0.15) is 0 Å². The van der Waals surface area contributed by atoms with Crippen molar-refractivity contribution in [2.75, 3.05) is 20.1 Å². The highest BCUT2D eigenvalue weighted by Gasteiger charge is 2.19. The first-order chi connectivity index (χ1) is 16.2. The van der Waals surface area contributed by atoms with E-state index in [1.54, 1.807) is 7.05 Å². The van der Waals surface area contributed by atoms with Crippen molar-refractivity contribution < 1.29 is 4.79 Å². The van der Waals surface area contributed by atoms with Crippen LogP contribution in [0.25, 0.3) is 0 Å². The summed E-state index contributed by atoms with van der Waals surface area (Å²) < 4.78 is 0. The van der Waals surface area contributed by atoms with E-state index < -0.39 is 0 Å². The van der Waals surface area contributed by atoms with Crippen LogP contribution >= 0.6 is 0 Å². The minimum atomic E-state index is 0.235. The Hall–Kier alpha value is -3.60. The summed E-state index contributed by atoms with van der Waals surface area (Å²) in [6, 6.07) is 29.6. The zero-order valence-electron chi connectivity index (χ0n) is 19.2. The normalized spacial score (nSPS) is 14.1. The monoisotopic (exact) mass is 440 g/mol. The summed E-state index contributed by atoms with van der Waals surface area (Å²) in [5, 5.41) is 6.91. The molecule has 1 aliphatic heterocycles. The number of guanidine groups is 1. The summed E-state index contributed by atoms with van der Waals surface area (Å²) in [7, 11) is 1.80. The SMILES string of the molecule is CN=C(NCc1ccc(CN2CCCC2=O)cc1)NCC(c1ccccc1)c1ccccc1. The van der Waals surface area contributed by atoms with Crippen LogP contribution in [-0.4, -0.2) is 36.9 Å². The van der Waals surface area contributed by atoms with E-state index in [0.29, 0.717) is 19.5 Å². The molecule has 5 heteroatoms. The van der Waals surface area contributed by atoms with E-state index >= 15 is 0 Å². The summed E-state index contributed by atoms with van der Waals surface area (Å²) in [5.74, 6) is 1.28. The van der Waals surface area contributed by atoms with Gasteiger partial charge in [0.05, 0.1) is 0 Å². The summed E-state index contributed by atoms with van der Waals surface area (Å²) in [5.41, 5.74) is 4.90. The Morgan fingerprint density at radius 2 is 1.48 bits per heavy atom. The second-order valence-electron chi connectivity index (χ2n) is 8.42. The molecule has 0 unspecified atom stereocenters. The molecule has 0 bridgehead atoms. The quantitative estimate of drug-likeness (QED) is 0.405. The number of hydrogen-bond acceptors (Lipinski definition) is 2. The van der Waals surface area contributed by atoms with E-state index in [4.69, 9.17) is 0 Å². The molecule has 0 atom stereocenters. The number of rotatable bonds is 8. The Morgan fingerprint density at radius 3 is 2.03 bits per heavy atom. The first-order valence-electron chi connectivity index (χ1n) is 11.6. The van der Waals surface area contributed by atoms with Gasteiger partial charge in [0.15, 0.2) is 5.96 Å². The predicted molar refractivity (Wildman–Crippen MR) is 134 cm³/mol. The number of benzene rings is 3.